The Kier molecular flexibility index (Phi) is 4.41. The predicted molar refractivity (Wildman–Crippen MR) is 91.9 cm³/mol. The molecule has 2 aliphatic rings. The quantitative estimate of drug-likeness (QED) is 0.895. The molecule has 23 heavy (non-hydrogen) atoms. The van der Waals surface area contributed by atoms with Crippen molar-refractivity contribution in [3.8, 4) is 0 Å². The fourth-order valence-electron chi connectivity index (χ4n) is 3.70. The van der Waals surface area contributed by atoms with Crippen LogP contribution in [0.4, 0.5) is 0 Å². The number of hydrogen-bond donors (Lipinski definition) is 1. The summed E-state index contributed by atoms with van der Waals surface area (Å²) < 4.78 is 1.88. The van der Waals surface area contributed by atoms with E-state index in [1.54, 1.807) is 6.20 Å². The van der Waals surface area contributed by atoms with Gasteiger partial charge in [0.2, 0.25) is 5.91 Å². The molecule has 2 saturated heterocycles. The Balaban J connectivity index is 0.00000156. The van der Waals surface area contributed by atoms with E-state index in [-0.39, 0.29) is 23.7 Å². The number of halogens is 1. The van der Waals surface area contributed by atoms with Gasteiger partial charge in [0.05, 0.1) is 5.52 Å². The number of nitrogens with zero attached hydrogens (tertiary/aromatic N) is 2. The number of rotatable bonds is 2. The van der Waals surface area contributed by atoms with E-state index in [1.807, 2.05) is 33.7 Å². The lowest BCUT2D eigenvalue weighted by Crippen LogP contribution is -2.34. The van der Waals surface area contributed by atoms with Gasteiger partial charge >= 0.3 is 0 Å². The molecule has 4 rings (SSSR count). The number of aromatic nitrogens is 1. The number of carbonyl (C=O) groups is 1. The SMILES string of the molecule is Cl.O=C(Cn1ccc(=O)c2ccccc21)N1C[C@H]2CNC[C@H]2C1. The molecule has 0 spiro atoms. The first-order chi connectivity index (χ1) is 10.7. The molecule has 0 bridgehead atoms. The van der Waals surface area contributed by atoms with Crippen molar-refractivity contribution < 1.29 is 4.79 Å². The second-order valence-corrected chi connectivity index (χ2v) is 6.30. The first-order valence-electron chi connectivity index (χ1n) is 7.79. The van der Waals surface area contributed by atoms with Crippen molar-refractivity contribution in [1.82, 2.24) is 14.8 Å². The monoisotopic (exact) mass is 333 g/mol. The third kappa shape index (κ3) is 2.86. The molecular formula is C17H20ClN3O2. The Morgan fingerprint density at radius 2 is 1.83 bits per heavy atom. The zero-order valence-electron chi connectivity index (χ0n) is 12.8. The molecule has 3 heterocycles. The second-order valence-electron chi connectivity index (χ2n) is 6.30. The second kappa shape index (κ2) is 6.34. The standard InChI is InChI=1S/C17H19N3O2.ClH/c21-16-5-6-19(15-4-2-1-3-14(15)16)11-17(22)20-9-12-7-18-8-13(12)10-20;/h1-6,12-13,18H,7-11H2;1H/t12-,13+;. The minimum absolute atomic E-state index is 0. The van der Waals surface area contributed by atoms with Gasteiger partial charge in [-0.2, -0.15) is 0 Å². The van der Waals surface area contributed by atoms with Crippen LogP contribution in [0.5, 0.6) is 0 Å². The van der Waals surface area contributed by atoms with Crippen LogP contribution in [0, 0.1) is 11.8 Å². The molecule has 0 radical (unpaired) electrons. The molecule has 1 amide bonds. The fraction of sp³-hybridized carbons (Fsp3) is 0.412. The first-order valence-corrected chi connectivity index (χ1v) is 7.79. The van der Waals surface area contributed by atoms with Crippen LogP contribution in [0.15, 0.2) is 41.3 Å². The van der Waals surface area contributed by atoms with Gasteiger partial charge in [-0.25, -0.2) is 0 Å². The average Bonchev–Trinajstić information content (AvgIpc) is 3.12. The van der Waals surface area contributed by atoms with E-state index in [1.165, 1.54) is 6.07 Å². The molecule has 1 aromatic carbocycles. The Morgan fingerprint density at radius 1 is 1.13 bits per heavy atom. The summed E-state index contributed by atoms with van der Waals surface area (Å²) in [5, 5.41) is 4.05. The molecule has 2 atom stereocenters. The zero-order valence-corrected chi connectivity index (χ0v) is 13.6. The summed E-state index contributed by atoms with van der Waals surface area (Å²) in [5.74, 6) is 1.35. The van der Waals surface area contributed by atoms with Crippen LogP contribution in [0.1, 0.15) is 0 Å². The smallest absolute Gasteiger partial charge is 0.242 e. The van der Waals surface area contributed by atoms with Gasteiger partial charge in [0.25, 0.3) is 0 Å². The molecule has 0 unspecified atom stereocenters. The topological polar surface area (TPSA) is 54.3 Å². The highest BCUT2D eigenvalue weighted by Gasteiger charge is 2.37. The zero-order chi connectivity index (χ0) is 15.1. The normalized spacial score (nSPS) is 22.9. The molecule has 2 aliphatic heterocycles. The van der Waals surface area contributed by atoms with E-state index in [4.69, 9.17) is 0 Å². The van der Waals surface area contributed by atoms with Crippen molar-refractivity contribution in [1.29, 1.82) is 0 Å². The van der Waals surface area contributed by atoms with Crippen molar-refractivity contribution in [2.24, 2.45) is 11.8 Å². The number of para-hydroxylation sites is 1. The molecule has 2 aromatic rings. The van der Waals surface area contributed by atoms with Gasteiger partial charge in [-0.1, -0.05) is 12.1 Å². The predicted octanol–water partition coefficient (Wildman–Crippen LogP) is 1.10. The number of amides is 1. The number of nitrogens with one attached hydrogen (secondary N) is 1. The molecule has 6 heteroatoms. The maximum atomic E-state index is 12.6. The van der Waals surface area contributed by atoms with Crippen molar-refractivity contribution in [3.05, 3.63) is 46.8 Å². The van der Waals surface area contributed by atoms with Crippen molar-refractivity contribution in [2.75, 3.05) is 26.2 Å². The van der Waals surface area contributed by atoms with Crippen LogP contribution >= 0.6 is 12.4 Å². The van der Waals surface area contributed by atoms with E-state index in [0.29, 0.717) is 23.8 Å². The van der Waals surface area contributed by atoms with Crippen LogP contribution in [0.2, 0.25) is 0 Å². The number of fused-ring (bicyclic) bond motifs is 2. The lowest BCUT2D eigenvalue weighted by Gasteiger charge is -2.19. The van der Waals surface area contributed by atoms with E-state index < -0.39 is 0 Å². The van der Waals surface area contributed by atoms with E-state index in [0.717, 1.165) is 31.7 Å². The van der Waals surface area contributed by atoms with Crippen molar-refractivity contribution >= 4 is 29.2 Å². The van der Waals surface area contributed by atoms with Gasteiger partial charge in [0.1, 0.15) is 6.54 Å². The summed E-state index contributed by atoms with van der Waals surface area (Å²) in [6.07, 6.45) is 1.72. The lowest BCUT2D eigenvalue weighted by atomic mass is 10.0. The lowest BCUT2D eigenvalue weighted by molar-refractivity contribution is -0.131. The van der Waals surface area contributed by atoms with E-state index >= 15 is 0 Å². The van der Waals surface area contributed by atoms with Gasteiger partial charge in [-0.3, -0.25) is 9.59 Å². The third-order valence-corrected chi connectivity index (χ3v) is 4.93. The Bertz CT molecular complexity index is 777. The average molecular weight is 334 g/mol. The summed E-state index contributed by atoms with van der Waals surface area (Å²) in [6.45, 7) is 4.06. The minimum Gasteiger partial charge on any atom is -0.340 e. The van der Waals surface area contributed by atoms with Gasteiger partial charge in [0.15, 0.2) is 5.43 Å². The van der Waals surface area contributed by atoms with Crippen molar-refractivity contribution in [3.63, 3.8) is 0 Å². The maximum Gasteiger partial charge on any atom is 0.242 e. The fourth-order valence-corrected chi connectivity index (χ4v) is 3.70. The van der Waals surface area contributed by atoms with Crippen molar-refractivity contribution in [2.45, 2.75) is 6.54 Å². The van der Waals surface area contributed by atoms with Crippen LogP contribution in [-0.2, 0) is 11.3 Å². The van der Waals surface area contributed by atoms with E-state index in [9.17, 15) is 9.59 Å². The number of likely N-dealkylation sites (tertiary alicyclic amines) is 1. The Labute approximate surface area is 140 Å². The molecule has 1 aromatic heterocycles. The number of benzene rings is 1. The highest BCUT2D eigenvalue weighted by atomic mass is 35.5. The van der Waals surface area contributed by atoms with Crippen LogP contribution in [-0.4, -0.2) is 41.6 Å². The van der Waals surface area contributed by atoms with E-state index in [2.05, 4.69) is 5.32 Å². The molecule has 0 aliphatic carbocycles. The number of carbonyl (C=O) groups excluding carboxylic acids is 1. The summed E-state index contributed by atoms with van der Waals surface area (Å²) >= 11 is 0. The maximum absolute atomic E-state index is 12.6. The molecule has 1 N–H and O–H groups in total. The number of pyridine rings is 1. The molecule has 0 saturated carbocycles. The van der Waals surface area contributed by atoms with Gasteiger partial charge in [0, 0.05) is 43.8 Å². The highest BCUT2D eigenvalue weighted by Crippen LogP contribution is 2.26. The highest BCUT2D eigenvalue weighted by molar-refractivity contribution is 5.85. The molecule has 2 fully saturated rings. The Hall–Kier alpha value is -1.85. The minimum atomic E-state index is 0. The van der Waals surface area contributed by atoms with Gasteiger partial charge in [-0.15, -0.1) is 12.4 Å². The summed E-state index contributed by atoms with van der Waals surface area (Å²) in [7, 11) is 0. The van der Waals surface area contributed by atoms with Gasteiger partial charge in [-0.05, 0) is 24.0 Å². The molecule has 122 valence electrons. The summed E-state index contributed by atoms with van der Waals surface area (Å²) in [6, 6.07) is 8.99. The first kappa shape index (κ1) is 16.0. The third-order valence-electron chi connectivity index (χ3n) is 4.93. The molecular weight excluding hydrogens is 314 g/mol. The van der Waals surface area contributed by atoms with Crippen LogP contribution in [0.25, 0.3) is 10.9 Å². The van der Waals surface area contributed by atoms with Crippen LogP contribution in [0.3, 0.4) is 0 Å². The largest absolute Gasteiger partial charge is 0.340 e. The molecule has 5 nitrogen and oxygen atoms in total. The summed E-state index contributed by atoms with van der Waals surface area (Å²) in [5.41, 5.74) is 0.825. The van der Waals surface area contributed by atoms with Gasteiger partial charge < -0.3 is 14.8 Å². The van der Waals surface area contributed by atoms with Crippen LogP contribution < -0.4 is 10.7 Å². The summed E-state index contributed by atoms with van der Waals surface area (Å²) in [4.78, 5) is 26.4. The Morgan fingerprint density at radius 3 is 2.57 bits per heavy atom. The number of hydrogen-bond acceptors (Lipinski definition) is 3.